The maximum absolute atomic E-state index is 12.6. The fourth-order valence-electron chi connectivity index (χ4n) is 3.15. The lowest BCUT2D eigenvalue weighted by Gasteiger charge is -2.09. The topological polar surface area (TPSA) is 95.1 Å². The van der Waals surface area contributed by atoms with E-state index in [1.807, 2.05) is 19.2 Å². The van der Waals surface area contributed by atoms with Gasteiger partial charge in [-0.2, -0.15) is 0 Å². The highest BCUT2D eigenvalue weighted by molar-refractivity contribution is 5.94. The van der Waals surface area contributed by atoms with Gasteiger partial charge in [0.15, 0.2) is 0 Å². The zero-order valence-corrected chi connectivity index (χ0v) is 16.0. The summed E-state index contributed by atoms with van der Waals surface area (Å²) in [5.74, 6) is 0.725. The molecule has 1 amide bonds. The van der Waals surface area contributed by atoms with Gasteiger partial charge < -0.3 is 20.4 Å². The number of aromatic nitrogens is 3. The Balaban J connectivity index is 1.46. The molecule has 0 saturated carbocycles. The van der Waals surface area contributed by atoms with Crippen molar-refractivity contribution in [2.24, 2.45) is 12.8 Å². The predicted molar refractivity (Wildman–Crippen MR) is 111 cm³/mol. The fraction of sp³-hybridized carbons (Fsp3) is 0.136. The van der Waals surface area contributed by atoms with Gasteiger partial charge in [0.1, 0.15) is 12.1 Å². The molecule has 0 unspecified atom stereocenters. The van der Waals surface area contributed by atoms with Crippen LogP contribution in [0.1, 0.15) is 21.7 Å². The van der Waals surface area contributed by atoms with E-state index in [1.165, 1.54) is 6.33 Å². The van der Waals surface area contributed by atoms with E-state index in [2.05, 4.69) is 38.1 Å². The number of ether oxygens (including phenoxy) is 1. The Morgan fingerprint density at radius 2 is 1.97 bits per heavy atom. The molecule has 0 aliphatic heterocycles. The average molecular weight is 387 g/mol. The van der Waals surface area contributed by atoms with Crippen LogP contribution in [-0.2, 0) is 20.1 Å². The molecule has 3 N–H and O–H groups in total. The molecule has 146 valence electrons. The molecule has 0 atom stereocenters. The zero-order valence-electron chi connectivity index (χ0n) is 16.0. The summed E-state index contributed by atoms with van der Waals surface area (Å²) in [5, 5.41) is 4.12. The van der Waals surface area contributed by atoms with Crippen LogP contribution < -0.4 is 15.8 Å². The molecule has 0 radical (unpaired) electrons. The van der Waals surface area contributed by atoms with Gasteiger partial charge in [0, 0.05) is 36.4 Å². The number of benzene rings is 2. The van der Waals surface area contributed by atoms with Crippen molar-refractivity contribution in [2.75, 3.05) is 0 Å². The smallest absolute Gasteiger partial charge is 0.251 e. The number of nitrogens with zero attached hydrogens (tertiary/aromatic N) is 3. The van der Waals surface area contributed by atoms with Crippen LogP contribution in [0, 0.1) is 0 Å². The molecule has 29 heavy (non-hydrogen) atoms. The first-order valence-electron chi connectivity index (χ1n) is 9.24. The summed E-state index contributed by atoms with van der Waals surface area (Å²) in [5.41, 5.74) is 8.94. The third-order valence-corrected chi connectivity index (χ3v) is 4.71. The summed E-state index contributed by atoms with van der Waals surface area (Å²) in [6.45, 7) is 0.732. The maximum Gasteiger partial charge on any atom is 0.251 e. The Morgan fingerprint density at radius 3 is 2.79 bits per heavy atom. The maximum atomic E-state index is 12.6. The van der Waals surface area contributed by atoms with Crippen LogP contribution in [0.4, 0.5) is 0 Å². The van der Waals surface area contributed by atoms with E-state index in [4.69, 9.17) is 10.5 Å². The van der Waals surface area contributed by atoms with Crippen molar-refractivity contribution in [2.45, 2.75) is 13.1 Å². The largest absolute Gasteiger partial charge is 0.439 e. The fourth-order valence-corrected chi connectivity index (χ4v) is 3.15. The third kappa shape index (κ3) is 4.09. The summed E-state index contributed by atoms with van der Waals surface area (Å²) >= 11 is 0. The van der Waals surface area contributed by atoms with Crippen molar-refractivity contribution in [1.82, 2.24) is 19.9 Å². The van der Waals surface area contributed by atoms with Gasteiger partial charge in [-0.1, -0.05) is 24.3 Å². The number of amides is 1. The van der Waals surface area contributed by atoms with E-state index in [-0.39, 0.29) is 5.91 Å². The highest BCUT2D eigenvalue weighted by atomic mass is 16.5. The van der Waals surface area contributed by atoms with Gasteiger partial charge in [-0.05, 0) is 35.7 Å². The lowest BCUT2D eigenvalue weighted by molar-refractivity contribution is 0.0950. The minimum atomic E-state index is -0.175. The van der Waals surface area contributed by atoms with E-state index >= 15 is 0 Å². The number of nitrogens with one attached hydrogen (secondary N) is 1. The SMILES string of the molecule is Cn1c(CNC(=O)c2cccc(Oc3cc(CN)ncn3)c2)cc2ccccc21. The number of aryl methyl sites for hydroxylation is 1. The molecule has 0 spiro atoms. The Morgan fingerprint density at radius 1 is 1.10 bits per heavy atom. The number of fused-ring (bicyclic) bond motifs is 1. The lowest BCUT2D eigenvalue weighted by Crippen LogP contribution is -2.23. The molecule has 2 aromatic carbocycles. The molecule has 4 aromatic rings. The summed E-state index contributed by atoms with van der Waals surface area (Å²) in [4.78, 5) is 20.7. The lowest BCUT2D eigenvalue weighted by atomic mass is 10.2. The monoisotopic (exact) mass is 387 g/mol. The third-order valence-electron chi connectivity index (χ3n) is 4.71. The molecule has 0 aliphatic rings. The van der Waals surface area contributed by atoms with Crippen LogP contribution in [0.5, 0.6) is 11.6 Å². The minimum absolute atomic E-state index is 0.175. The van der Waals surface area contributed by atoms with Gasteiger partial charge in [0.05, 0.1) is 12.2 Å². The van der Waals surface area contributed by atoms with Crippen LogP contribution in [0.25, 0.3) is 10.9 Å². The van der Waals surface area contributed by atoms with Crippen LogP contribution in [0.3, 0.4) is 0 Å². The summed E-state index contributed by atoms with van der Waals surface area (Å²) < 4.78 is 7.83. The quantitative estimate of drug-likeness (QED) is 0.530. The molecule has 0 bridgehead atoms. The highest BCUT2D eigenvalue weighted by Gasteiger charge is 2.10. The second-order valence-corrected chi connectivity index (χ2v) is 6.62. The van der Waals surface area contributed by atoms with Gasteiger partial charge in [-0.3, -0.25) is 4.79 Å². The van der Waals surface area contributed by atoms with Gasteiger partial charge in [-0.25, -0.2) is 9.97 Å². The molecule has 2 heterocycles. The standard InChI is InChI=1S/C22H21N5O2/c1-27-18(9-15-5-2-3-8-20(15)27)13-24-22(28)16-6-4-7-19(10-16)29-21-11-17(12-23)25-14-26-21/h2-11,14H,12-13,23H2,1H3,(H,24,28). The number of hydrogen-bond donors (Lipinski definition) is 2. The number of para-hydroxylation sites is 1. The second kappa shape index (κ2) is 8.12. The molecule has 4 rings (SSSR count). The number of hydrogen-bond acceptors (Lipinski definition) is 5. The number of carbonyl (C=O) groups is 1. The van der Waals surface area contributed by atoms with E-state index in [1.54, 1.807) is 30.3 Å². The van der Waals surface area contributed by atoms with Gasteiger partial charge in [0.25, 0.3) is 5.91 Å². The first kappa shape index (κ1) is 18.6. The number of carbonyl (C=O) groups excluding carboxylic acids is 1. The Bertz CT molecular complexity index is 1170. The number of nitrogens with two attached hydrogens (primary N) is 1. The van der Waals surface area contributed by atoms with Crippen molar-refractivity contribution in [3.63, 3.8) is 0 Å². The molecule has 0 fully saturated rings. The first-order valence-corrected chi connectivity index (χ1v) is 9.24. The second-order valence-electron chi connectivity index (χ2n) is 6.62. The molecule has 2 aromatic heterocycles. The van der Waals surface area contributed by atoms with Gasteiger partial charge in [-0.15, -0.1) is 0 Å². The molecule has 7 heteroatoms. The summed E-state index contributed by atoms with van der Waals surface area (Å²) in [7, 11) is 2.00. The molecule has 0 aliphatic carbocycles. The molecule has 7 nitrogen and oxygen atoms in total. The van der Waals surface area contributed by atoms with Crippen molar-refractivity contribution in [1.29, 1.82) is 0 Å². The Hall–Kier alpha value is -3.71. The Labute approximate surface area is 168 Å². The predicted octanol–water partition coefficient (Wildman–Crippen LogP) is 3.15. The highest BCUT2D eigenvalue weighted by Crippen LogP contribution is 2.21. The van der Waals surface area contributed by atoms with E-state index in [0.29, 0.717) is 36.0 Å². The van der Waals surface area contributed by atoms with Crippen molar-refractivity contribution < 1.29 is 9.53 Å². The Kier molecular flexibility index (Phi) is 5.22. The van der Waals surface area contributed by atoms with Crippen LogP contribution in [0.15, 0.2) is 67.0 Å². The average Bonchev–Trinajstić information content (AvgIpc) is 3.08. The molecular formula is C22H21N5O2. The van der Waals surface area contributed by atoms with Crippen molar-refractivity contribution >= 4 is 16.8 Å². The normalized spacial score (nSPS) is 10.8. The van der Waals surface area contributed by atoms with Gasteiger partial charge in [0.2, 0.25) is 5.88 Å². The molecule has 0 saturated heterocycles. The van der Waals surface area contributed by atoms with Crippen LogP contribution >= 0.6 is 0 Å². The van der Waals surface area contributed by atoms with Crippen molar-refractivity contribution in [3.8, 4) is 11.6 Å². The van der Waals surface area contributed by atoms with Crippen LogP contribution in [0.2, 0.25) is 0 Å². The first-order chi connectivity index (χ1) is 14.1. The number of rotatable bonds is 6. The van der Waals surface area contributed by atoms with E-state index < -0.39 is 0 Å². The van der Waals surface area contributed by atoms with Gasteiger partial charge >= 0.3 is 0 Å². The minimum Gasteiger partial charge on any atom is -0.439 e. The van der Waals surface area contributed by atoms with Crippen molar-refractivity contribution in [3.05, 3.63) is 83.9 Å². The zero-order chi connectivity index (χ0) is 20.2. The van der Waals surface area contributed by atoms with E-state index in [9.17, 15) is 4.79 Å². The summed E-state index contributed by atoms with van der Waals surface area (Å²) in [6, 6.07) is 18.9. The molecular weight excluding hydrogens is 366 g/mol. The summed E-state index contributed by atoms with van der Waals surface area (Å²) in [6.07, 6.45) is 1.40. The van der Waals surface area contributed by atoms with E-state index in [0.717, 1.165) is 16.6 Å². The van der Waals surface area contributed by atoms with Crippen LogP contribution in [-0.4, -0.2) is 20.4 Å².